The van der Waals surface area contributed by atoms with E-state index in [1.54, 1.807) is 13.0 Å². The SMILES string of the molecule is CCC(O)C(O)NCc1cccc(CC(O)Nc2nnc(CCCCc3ccc(NC(=O)Cc4ccccc4)nn3)s2)c1. The molecule has 11 nitrogen and oxygen atoms in total. The molecule has 0 saturated carbocycles. The summed E-state index contributed by atoms with van der Waals surface area (Å²) in [6.07, 6.45) is 1.83. The summed E-state index contributed by atoms with van der Waals surface area (Å²) >= 11 is 1.42. The number of aliphatic hydroxyl groups is 3. The van der Waals surface area contributed by atoms with Gasteiger partial charge in [-0.3, -0.25) is 10.1 Å². The molecular formula is C31H39N7O4S. The van der Waals surface area contributed by atoms with Crippen LogP contribution < -0.4 is 16.0 Å². The fourth-order valence-corrected chi connectivity index (χ4v) is 5.22. The number of hydrogen-bond donors (Lipinski definition) is 6. The van der Waals surface area contributed by atoms with Crippen LogP contribution in [0.5, 0.6) is 0 Å². The average Bonchev–Trinajstić information content (AvgIpc) is 3.45. The minimum Gasteiger partial charge on any atom is -0.389 e. The molecule has 12 heteroatoms. The van der Waals surface area contributed by atoms with Crippen LogP contribution in [0.2, 0.25) is 0 Å². The second kappa shape index (κ2) is 16.7. The Balaban J connectivity index is 1.14. The summed E-state index contributed by atoms with van der Waals surface area (Å²) in [5.41, 5.74) is 3.67. The van der Waals surface area contributed by atoms with Crippen molar-refractivity contribution < 1.29 is 20.1 Å². The molecule has 1 amide bonds. The number of aliphatic hydroxyl groups excluding tert-OH is 3. The number of unbranched alkanes of at least 4 members (excludes halogenated alkanes) is 1. The first-order valence-electron chi connectivity index (χ1n) is 14.5. The van der Waals surface area contributed by atoms with Gasteiger partial charge in [0.15, 0.2) is 5.82 Å². The topological polar surface area (TPSA) is 165 Å². The third kappa shape index (κ3) is 11.1. The van der Waals surface area contributed by atoms with Crippen LogP contribution in [-0.4, -0.2) is 60.2 Å². The Morgan fingerprint density at radius 3 is 2.40 bits per heavy atom. The van der Waals surface area contributed by atoms with E-state index in [1.165, 1.54) is 11.3 Å². The van der Waals surface area contributed by atoms with Gasteiger partial charge in [0.2, 0.25) is 11.0 Å². The van der Waals surface area contributed by atoms with E-state index in [1.807, 2.05) is 60.7 Å². The molecule has 0 aliphatic heterocycles. The van der Waals surface area contributed by atoms with Gasteiger partial charge in [-0.2, -0.15) is 5.10 Å². The highest BCUT2D eigenvalue weighted by Gasteiger charge is 2.14. The number of aromatic nitrogens is 4. The minimum atomic E-state index is -0.987. The number of anilines is 2. The van der Waals surface area contributed by atoms with Crippen molar-refractivity contribution in [2.45, 2.75) is 77.0 Å². The van der Waals surface area contributed by atoms with Crippen molar-refractivity contribution in [2.24, 2.45) is 0 Å². The van der Waals surface area contributed by atoms with Gasteiger partial charge in [0.05, 0.1) is 18.2 Å². The quantitative estimate of drug-likeness (QED) is 0.0777. The Bertz CT molecular complexity index is 1400. The van der Waals surface area contributed by atoms with Gasteiger partial charge in [-0.15, -0.1) is 15.3 Å². The molecule has 2 aromatic heterocycles. The average molecular weight is 606 g/mol. The largest absolute Gasteiger partial charge is 0.389 e. The zero-order valence-corrected chi connectivity index (χ0v) is 25.0. The molecule has 0 fully saturated rings. The predicted octanol–water partition coefficient (Wildman–Crippen LogP) is 3.23. The first-order valence-corrected chi connectivity index (χ1v) is 15.3. The third-order valence-corrected chi connectivity index (χ3v) is 7.66. The Morgan fingerprint density at radius 2 is 1.63 bits per heavy atom. The monoisotopic (exact) mass is 605 g/mol. The van der Waals surface area contributed by atoms with Crippen molar-refractivity contribution in [3.63, 3.8) is 0 Å². The molecule has 2 aromatic carbocycles. The van der Waals surface area contributed by atoms with Gasteiger partial charge in [0, 0.05) is 19.4 Å². The summed E-state index contributed by atoms with van der Waals surface area (Å²) < 4.78 is 0. The third-order valence-electron chi connectivity index (χ3n) is 6.74. The van der Waals surface area contributed by atoms with Crippen LogP contribution in [0.25, 0.3) is 0 Å². The molecule has 3 atom stereocenters. The number of benzene rings is 2. The number of nitrogens with one attached hydrogen (secondary N) is 3. The molecule has 3 unspecified atom stereocenters. The first-order chi connectivity index (χ1) is 20.9. The van der Waals surface area contributed by atoms with E-state index in [9.17, 15) is 20.1 Å². The van der Waals surface area contributed by atoms with E-state index < -0.39 is 18.6 Å². The van der Waals surface area contributed by atoms with Crippen molar-refractivity contribution in [3.8, 4) is 0 Å². The summed E-state index contributed by atoms with van der Waals surface area (Å²) in [6.45, 7) is 2.21. The maximum Gasteiger partial charge on any atom is 0.229 e. The van der Waals surface area contributed by atoms with Gasteiger partial charge in [0.25, 0.3) is 0 Å². The number of aryl methyl sites for hydroxylation is 2. The first kappa shape index (κ1) is 32.1. The highest BCUT2D eigenvalue weighted by atomic mass is 32.1. The zero-order chi connectivity index (χ0) is 30.4. The molecule has 0 aliphatic carbocycles. The Hall–Kier alpha value is -3.81. The van der Waals surface area contributed by atoms with Crippen molar-refractivity contribution in [2.75, 3.05) is 10.6 Å². The number of rotatable bonds is 17. The smallest absolute Gasteiger partial charge is 0.229 e. The lowest BCUT2D eigenvalue weighted by Gasteiger charge is -2.18. The minimum absolute atomic E-state index is 0.129. The highest BCUT2D eigenvalue weighted by Crippen LogP contribution is 2.19. The van der Waals surface area contributed by atoms with E-state index in [4.69, 9.17) is 0 Å². The molecule has 6 N–H and O–H groups in total. The molecule has 0 spiro atoms. The number of hydrogen-bond acceptors (Lipinski definition) is 11. The number of amides is 1. The lowest BCUT2D eigenvalue weighted by molar-refractivity contribution is -0.115. The maximum absolute atomic E-state index is 12.2. The highest BCUT2D eigenvalue weighted by molar-refractivity contribution is 7.15. The molecule has 4 aromatic rings. The summed E-state index contributed by atoms with van der Waals surface area (Å²) in [5.74, 6) is 0.309. The maximum atomic E-state index is 12.2. The van der Waals surface area contributed by atoms with Crippen LogP contribution in [0, 0.1) is 0 Å². The molecule has 2 heterocycles. The van der Waals surface area contributed by atoms with Crippen LogP contribution in [0.3, 0.4) is 0 Å². The molecule has 43 heavy (non-hydrogen) atoms. The lowest BCUT2D eigenvalue weighted by Crippen LogP contribution is -2.38. The van der Waals surface area contributed by atoms with Gasteiger partial charge in [-0.05, 0) is 54.5 Å². The van der Waals surface area contributed by atoms with Crippen LogP contribution in [0.1, 0.15) is 53.6 Å². The Morgan fingerprint density at radius 1 is 0.860 bits per heavy atom. The lowest BCUT2D eigenvalue weighted by atomic mass is 10.1. The zero-order valence-electron chi connectivity index (χ0n) is 24.2. The predicted molar refractivity (Wildman–Crippen MR) is 166 cm³/mol. The van der Waals surface area contributed by atoms with Gasteiger partial charge in [-0.1, -0.05) is 72.9 Å². The normalized spacial score (nSPS) is 13.3. The van der Waals surface area contributed by atoms with E-state index in [0.29, 0.717) is 30.3 Å². The second-order valence-corrected chi connectivity index (χ2v) is 11.4. The van der Waals surface area contributed by atoms with E-state index in [0.717, 1.165) is 53.1 Å². The van der Waals surface area contributed by atoms with Gasteiger partial charge < -0.3 is 26.0 Å². The van der Waals surface area contributed by atoms with Crippen LogP contribution in [0.4, 0.5) is 10.9 Å². The number of carbonyl (C=O) groups is 1. The van der Waals surface area contributed by atoms with E-state index >= 15 is 0 Å². The summed E-state index contributed by atoms with van der Waals surface area (Å²) in [4.78, 5) is 12.2. The van der Waals surface area contributed by atoms with Crippen molar-refractivity contribution in [1.29, 1.82) is 0 Å². The van der Waals surface area contributed by atoms with Crippen LogP contribution in [0.15, 0.2) is 66.7 Å². The van der Waals surface area contributed by atoms with Gasteiger partial charge in [-0.25, -0.2) is 0 Å². The van der Waals surface area contributed by atoms with Crippen LogP contribution in [-0.2, 0) is 37.0 Å². The summed E-state index contributed by atoms with van der Waals surface area (Å²) in [6, 6.07) is 20.9. The number of carbonyl (C=O) groups excluding carboxylic acids is 1. The molecule has 0 bridgehead atoms. The molecule has 0 radical (unpaired) electrons. The number of nitrogens with zero attached hydrogens (tertiary/aromatic N) is 4. The van der Waals surface area contributed by atoms with Crippen LogP contribution >= 0.6 is 11.3 Å². The van der Waals surface area contributed by atoms with Crippen molar-refractivity contribution >= 4 is 28.2 Å². The standard InChI is InChI=1S/C31H39N7O4S/c1-2-25(39)30(42)32-20-23-12-8-11-22(17-23)19-28(41)34-31-38-37-29(43-31)14-7-6-13-24-15-16-26(36-35-24)33-27(40)18-21-9-4-3-5-10-21/h3-5,8-12,15-17,25,28,30,32,39,41-42H,2,6-7,13-14,18-20H2,1H3,(H,34,38)(H,33,36,40). The molecule has 228 valence electrons. The summed E-state index contributed by atoms with van der Waals surface area (Å²) in [5, 5.41) is 57.1. The second-order valence-electron chi connectivity index (χ2n) is 10.3. The fraction of sp³-hybridized carbons (Fsp3) is 0.387. The van der Waals surface area contributed by atoms with Gasteiger partial charge >= 0.3 is 0 Å². The molecule has 0 aliphatic rings. The summed E-state index contributed by atoms with van der Waals surface area (Å²) in [7, 11) is 0. The van der Waals surface area contributed by atoms with E-state index in [-0.39, 0.29) is 12.3 Å². The van der Waals surface area contributed by atoms with Gasteiger partial charge in [0.1, 0.15) is 17.5 Å². The Kier molecular flexibility index (Phi) is 12.5. The van der Waals surface area contributed by atoms with Crippen molar-refractivity contribution in [3.05, 3.63) is 94.1 Å². The Labute approximate surface area is 255 Å². The van der Waals surface area contributed by atoms with E-state index in [2.05, 4.69) is 36.3 Å². The molecular weight excluding hydrogens is 566 g/mol. The van der Waals surface area contributed by atoms with Crippen molar-refractivity contribution in [1.82, 2.24) is 25.7 Å². The molecule has 0 saturated heterocycles. The fourth-order valence-electron chi connectivity index (χ4n) is 4.39. The molecule has 4 rings (SSSR count).